The van der Waals surface area contributed by atoms with Crippen LogP contribution in [0.25, 0.3) is 0 Å². The molecule has 2 aromatic carbocycles. The Balaban J connectivity index is 1.63. The van der Waals surface area contributed by atoms with E-state index < -0.39 is 6.03 Å². The van der Waals surface area contributed by atoms with E-state index in [-0.39, 0.29) is 5.91 Å². The maximum atomic E-state index is 12.9. The highest BCUT2D eigenvalue weighted by Gasteiger charge is 2.16. The zero-order chi connectivity index (χ0) is 22.2. The van der Waals surface area contributed by atoms with Crippen LogP contribution < -0.4 is 20.9 Å². The number of hydrogen-bond acceptors (Lipinski definition) is 5. The number of nitrogens with zero attached hydrogens (tertiary/aromatic N) is 2. The number of amides is 3. The number of nitrogens with one attached hydrogen (secondary N) is 3. The molecule has 2 aromatic rings. The number of hydrogen-bond donors (Lipinski definition) is 3. The molecule has 9 heteroatoms. The van der Waals surface area contributed by atoms with Crippen molar-refractivity contribution in [3.63, 3.8) is 0 Å². The first-order chi connectivity index (χ1) is 14.9. The summed E-state index contributed by atoms with van der Waals surface area (Å²) in [6, 6.07) is 11.7. The van der Waals surface area contributed by atoms with Crippen LogP contribution in [-0.4, -0.2) is 70.3 Å². The molecule has 8 nitrogen and oxygen atoms in total. The second-order valence-corrected chi connectivity index (χ2v) is 7.86. The molecular formula is C22H28ClN5O3. The van der Waals surface area contributed by atoms with Gasteiger partial charge in [0.2, 0.25) is 0 Å². The van der Waals surface area contributed by atoms with Gasteiger partial charge in [0, 0.05) is 62.4 Å². The lowest BCUT2D eigenvalue weighted by Crippen LogP contribution is -2.41. The lowest BCUT2D eigenvalue weighted by atomic mass is 10.1. The van der Waals surface area contributed by atoms with Crippen molar-refractivity contribution < 1.29 is 14.3 Å². The summed E-state index contributed by atoms with van der Waals surface area (Å²) < 4.78 is 5.35. The Labute approximate surface area is 187 Å². The van der Waals surface area contributed by atoms with Crippen molar-refractivity contribution in [3.05, 3.63) is 53.1 Å². The fourth-order valence-corrected chi connectivity index (χ4v) is 3.48. The largest absolute Gasteiger partial charge is 0.379 e. The Morgan fingerprint density at radius 1 is 1.06 bits per heavy atom. The molecule has 3 N–H and O–H groups in total. The van der Waals surface area contributed by atoms with E-state index in [2.05, 4.69) is 20.9 Å². The van der Waals surface area contributed by atoms with Crippen LogP contribution in [0.3, 0.4) is 0 Å². The van der Waals surface area contributed by atoms with Gasteiger partial charge in [-0.05, 0) is 36.4 Å². The molecule has 0 aliphatic carbocycles. The first kappa shape index (κ1) is 22.9. The predicted molar refractivity (Wildman–Crippen MR) is 124 cm³/mol. The van der Waals surface area contributed by atoms with Crippen LogP contribution in [0, 0.1) is 0 Å². The molecule has 0 bridgehead atoms. The highest BCUT2D eigenvalue weighted by atomic mass is 35.5. The number of rotatable bonds is 7. The third-order valence-electron chi connectivity index (χ3n) is 4.88. The maximum Gasteiger partial charge on any atom is 0.323 e. The van der Waals surface area contributed by atoms with Crippen molar-refractivity contribution in [2.24, 2.45) is 0 Å². The van der Waals surface area contributed by atoms with E-state index >= 15 is 0 Å². The molecule has 31 heavy (non-hydrogen) atoms. The van der Waals surface area contributed by atoms with E-state index in [1.165, 1.54) is 0 Å². The minimum absolute atomic E-state index is 0.184. The zero-order valence-corrected chi connectivity index (χ0v) is 18.5. The summed E-state index contributed by atoms with van der Waals surface area (Å²) >= 11 is 5.95. The van der Waals surface area contributed by atoms with Gasteiger partial charge in [0.15, 0.2) is 0 Å². The van der Waals surface area contributed by atoms with E-state index in [4.69, 9.17) is 16.3 Å². The van der Waals surface area contributed by atoms with Gasteiger partial charge in [-0.15, -0.1) is 0 Å². The smallest absolute Gasteiger partial charge is 0.323 e. The van der Waals surface area contributed by atoms with Crippen molar-refractivity contribution >= 4 is 40.6 Å². The molecule has 0 unspecified atom stereocenters. The highest BCUT2D eigenvalue weighted by molar-refractivity contribution is 6.30. The molecule has 0 saturated carbocycles. The Bertz CT molecular complexity index is 916. The average Bonchev–Trinajstić information content (AvgIpc) is 2.74. The number of benzene rings is 2. The summed E-state index contributed by atoms with van der Waals surface area (Å²) in [4.78, 5) is 29.3. The van der Waals surface area contributed by atoms with Crippen LogP contribution in [0.5, 0.6) is 0 Å². The van der Waals surface area contributed by atoms with Crippen molar-refractivity contribution in [2.75, 3.05) is 69.0 Å². The van der Waals surface area contributed by atoms with E-state index in [1.807, 2.05) is 25.1 Å². The van der Waals surface area contributed by atoms with E-state index in [1.54, 1.807) is 36.4 Å². The standard InChI is InChI=1S/C22H28ClN5O3/c1-27(2)20-7-6-18(26-22(30)25-17-5-3-4-16(23)14-17)15-19(20)21(29)24-8-9-28-10-12-31-13-11-28/h3-7,14-15H,8-13H2,1-2H3,(H,24,29)(H2,25,26,30). The summed E-state index contributed by atoms with van der Waals surface area (Å²) in [6.07, 6.45) is 0. The number of morpholine rings is 1. The molecule has 1 saturated heterocycles. The lowest BCUT2D eigenvalue weighted by Gasteiger charge is -2.26. The minimum atomic E-state index is -0.418. The van der Waals surface area contributed by atoms with Crippen LogP contribution in [0.2, 0.25) is 5.02 Å². The third kappa shape index (κ3) is 6.85. The van der Waals surface area contributed by atoms with Crippen LogP contribution in [0.15, 0.2) is 42.5 Å². The lowest BCUT2D eigenvalue weighted by molar-refractivity contribution is 0.0383. The van der Waals surface area contributed by atoms with Gasteiger partial charge < -0.3 is 25.6 Å². The van der Waals surface area contributed by atoms with Crippen molar-refractivity contribution in [2.45, 2.75) is 0 Å². The van der Waals surface area contributed by atoms with Crippen LogP contribution in [-0.2, 0) is 4.74 Å². The summed E-state index contributed by atoms with van der Waals surface area (Å²) in [5.74, 6) is -0.184. The van der Waals surface area contributed by atoms with Crippen molar-refractivity contribution in [1.82, 2.24) is 10.2 Å². The van der Waals surface area contributed by atoms with Crippen molar-refractivity contribution in [3.8, 4) is 0 Å². The Morgan fingerprint density at radius 2 is 1.77 bits per heavy atom. The predicted octanol–water partition coefficient (Wildman–Crippen LogP) is 3.11. The molecule has 0 spiro atoms. The molecule has 166 valence electrons. The van der Waals surface area contributed by atoms with Crippen molar-refractivity contribution in [1.29, 1.82) is 0 Å². The normalized spacial score (nSPS) is 14.0. The molecule has 1 aliphatic rings. The van der Waals surface area contributed by atoms with Gasteiger partial charge in [0.1, 0.15) is 0 Å². The molecule has 1 heterocycles. The van der Waals surface area contributed by atoms with Gasteiger partial charge in [-0.25, -0.2) is 4.79 Å². The Kier molecular flexibility index (Phi) is 8.11. The first-order valence-corrected chi connectivity index (χ1v) is 10.5. The number of carbonyl (C=O) groups is 2. The van der Waals surface area contributed by atoms with Gasteiger partial charge in [-0.3, -0.25) is 9.69 Å². The molecular weight excluding hydrogens is 418 g/mol. The summed E-state index contributed by atoms with van der Waals surface area (Å²) in [5.41, 5.74) is 2.36. The van der Waals surface area contributed by atoms with E-state index in [9.17, 15) is 9.59 Å². The first-order valence-electron chi connectivity index (χ1n) is 10.2. The fraction of sp³-hybridized carbons (Fsp3) is 0.364. The van der Waals surface area contributed by atoms with Gasteiger partial charge >= 0.3 is 6.03 Å². The van der Waals surface area contributed by atoms with Crippen LogP contribution >= 0.6 is 11.6 Å². The molecule has 3 amide bonds. The second kappa shape index (κ2) is 11.0. The third-order valence-corrected chi connectivity index (χ3v) is 5.12. The minimum Gasteiger partial charge on any atom is -0.379 e. The number of ether oxygens (including phenoxy) is 1. The van der Waals surface area contributed by atoms with Gasteiger partial charge in [0.25, 0.3) is 5.91 Å². The molecule has 1 fully saturated rings. The molecule has 0 atom stereocenters. The summed E-state index contributed by atoms with van der Waals surface area (Å²) in [7, 11) is 3.75. The fourth-order valence-electron chi connectivity index (χ4n) is 3.29. The van der Waals surface area contributed by atoms with Gasteiger partial charge in [-0.2, -0.15) is 0 Å². The SMILES string of the molecule is CN(C)c1ccc(NC(=O)Nc2cccc(Cl)c2)cc1C(=O)NCCN1CCOCC1. The number of halogens is 1. The van der Waals surface area contributed by atoms with Gasteiger partial charge in [-0.1, -0.05) is 17.7 Å². The monoisotopic (exact) mass is 445 g/mol. The van der Waals surface area contributed by atoms with E-state index in [0.29, 0.717) is 28.5 Å². The van der Waals surface area contributed by atoms with E-state index in [0.717, 1.165) is 38.5 Å². The molecule has 1 aliphatic heterocycles. The van der Waals surface area contributed by atoms with Gasteiger partial charge in [0.05, 0.1) is 18.8 Å². The van der Waals surface area contributed by atoms with Crippen LogP contribution in [0.1, 0.15) is 10.4 Å². The highest BCUT2D eigenvalue weighted by Crippen LogP contribution is 2.23. The average molecular weight is 446 g/mol. The zero-order valence-electron chi connectivity index (χ0n) is 17.8. The Hall–Kier alpha value is -2.81. The summed E-state index contributed by atoms with van der Waals surface area (Å²) in [5, 5.41) is 9.00. The quantitative estimate of drug-likeness (QED) is 0.609. The maximum absolute atomic E-state index is 12.9. The Morgan fingerprint density at radius 3 is 2.45 bits per heavy atom. The second-order valence-electron chi connectivity index (χ2n) is 7.43. The molecule has 0 aromatic heterocycles. The number of urea groups is 1. The molecule has 0 radical (unpaired) electrons. The topological polar surface area (TPSA) is 85.9 Å². The number of carbonyl (C=O) groups excluding carboxylic acids is 2. The summed E-state index contributed by atoms with van der Waals surface area (Å²) in [6.45, 7) is 4.51. The number of anilines is 3. The van der Waals surface area contributed by atoms with Crippen LogP contribution in [0.4, 0.5) is 21.9 Å². The molecule has 3 rings (SSSR count).